The highest BCUT2D eigenvalue weighted by Gasteiger charge is 2.50. The molecule has 2 heterocycles. The van der Waals surface area contributed by atoms with Crippen LogP contribution in [-0.4, -0.2) is 104 Å². The lowest BCUT2D eigenvalue weighted by atomic mass is 10.0. The molecule has 0 aromatic heterocycles. The van der Waals surface area contributed by atoms with Gasteiger partial charge in [-0.15, -0.1) is 9.24 Å². The van der Waals surface area contributed by atoms with Crippen LogP contribution in [0.2, 0.25) is 0 Å². The maximum Gasteiger partial charge on any atom is 0.334 e. The summed E-state index contributed by atoms with van der Waals surface area (Å²) in [5.74, 6) is -0.189. The predicted octanol–water partition coefficient (Wildman–Crippen LogP) is -0.0394. The number of rotatable bonds is 10. The van der Waals surface area contributed by atoms with E-state index in [-0.39, 0.29) is 30.9 Å². The molecule has 4 amide bonds. The number of likely N-dealkylation sites (N-methyl/N-ethyl adjacent to an activating group) is 1. The Labute approximate surface area is 204 Å². The Morgan fingerprint density at radius 1 is 1.21 bits per heavy atom. The lowest BCUT2D eigenvalue weighted by Gasteiger charge is -2.54. The molecule has 0 spiro atoms. The summed E-state index contributed by atoms with van der Waals surface area (Å²) in [5.41, 5.74) is 0.983. The second kappa shape index (κ2) is 12.4. The molecule has 2 N–H and O–H groups in total. The van der Waals surface area contributed by atoms with Gasteiger partial charge in [-0.2, -0.15) is 0 Å². The number of amides is 4. The number of nitrogens with zero attached hydrogens (tertiary/aromatic N) is 4. The summed E-state index contributed by atoms with van der Waals surface area (Å²) in [6.07, 6.45) is 1.44. The van der Waals surface area contributed by atoms with E-state index in [0.29, 0.717) is 32.5 Å². The van der Waals surface area contributed by atoms with Gasteiger partial charge in [0.25, 0.3) is 0 Å². The zero-order valence-corrected chi connectivity index (χ0v) is 21.5. The van der Waals surface area contributed by atoms with Crippen LogP contribution in [0, 0.1) is 0 Å². The van der Waals surface area contributed by atoms with E-state index in [1.54, 1.807) is 34.0 Å². The van der Waals surface area contributed by atoms with Crippen molar-refractivity contribution in [2.75, 3.05) is 54.0 Å². The van der Waals surface area contributed by atoms with Crippen LogP contribution in [0.25, 0.3) is 0 Å². The molecule has 2 aliphatic rings. The fourth-order valence-electron chi connectivity index (χ4n) is 4.55. The van der Waals surface area contributed by atoms with Crippen LogP contribution in [0.1, 0.15) is 24.8 Å². The Kier molecular flexibility index (Phi) is 9.64. The Morgan fingerprint density at radius 2 is 1.94 bits per heavy atom. The number of urea groups is 1. The van der Waals surface area contributed by atoms with E-state index >= 15 is 0 Å². The molecule has 34 heavy (non-hydrogen) atoms. The van der Waals surface area contributed by atoms with E-state index in [9.17, 15) is 14.4 Å². The predicted molar refractivity (Wildman–Crippen MR) is 133 cm³/mol. The minimum Gasteiger partial charge on any atom is -0.385 e. The van der Waals surface area contributed by atoms with E-state index in [4.69, 9.17) is 4.74 Å². The lowest BCUT2D eigenvalue weighted by molar-refractivity contribution is -0.187. The molecule has 3 atom stereocenters. The summed E-state index contributed by atoms with van der Waals surface area (Å²) in [6.45, 7) is 2.51. The molecule has 0 radical (unpaired) electrons. The average molecular weight is 493 g/mol. The van der Waals surface area contributed by atoms with E-state index in [1.807, 2.05) is 31.3 Å². The second-order valence-electron chi connectivity index (χ2n) is 8.73. The largest absolute Gasteiger partial charge is 0.385 e. The molecule has 3 rings (SSSR count). The van der Waals surface area contributed by atoms with Gasteiger partial charge in [-0.1, -0.05) is 24.3 Å². The highest BCUT2D eigenvalue weighted by atomic mass is 31.0. The first kappa shape index (κ1) is 26.3. The maximum absolute atomic E-state index is 13.3. The Balaban J connectivity index is 1.80. The topological polar surface area (TPSA) is 97.5 Å². The van der Waals surface area contributed by atoms with Gasteiger partial charge >= 0.3 is 6.03 Å². The second-order valence-corrected chi connectivity index (χ2v) is 9.40. The number of fused-ring (bicyclic) bond motifs is 1. The van der Waals surface area contributed by atoms with Crippen molar-refractivity contribution in [2.45, 2.75) is 38.0 Å². The monoisotopic (exact) mass is 492 g/mol. The fourth-order valence-corrected chi connectivity index (χ4v) is 4.74. The van der Waals surface area contributed by atoms with Crippen molar-refractivity contribution in [3.63, 3.8) is 0 Å². The highest BCUT2D eigenvalue weighted by Crippen LogP contribution is 2.28. The van der Waals surface area contributed by atoms with Gasteiger partial charge in [0.1, 0.15) is 12.2 Å². The number of ether oxygens (including phenoxy) is 1. The molecule has 0 bridgehead atoms. The van der Waals surface area contributed by atoms with Crippen molar-refractivity contribution in [2.24, 2.45) is 0 Å². The number of hydrazine groups is 1. The standard InChI is InChI=1S/C23H37N6O4P/c1-24-11-4-6-19-22(31)27(12-5-13-33-3)15-20-28(19)21(30)16-26(2)29(20)23(32)25-14-17-7-9-18(34)10-8-17/h7-10,19-20,24H,4-6,11-16,34H2,1-3H3,(H,25,32)/t19-,20?/m0/s1. The van der Waals surface area contributed by atoms with Crippen LogP contribution in [-0.2, 0) is 20.9 Å². The summed E-state index contributed by atoms with van der Waals surface area (Å²) < 4.78 is 5.16. The van der Waals surface area contributed by atoms with Crippen LogP contribution < -0.4 is 15.9 Å². The van der Waals surface area contributed by atoms with Crippen molar-refractivity contribution in [3.05, 3.63) is 29.8 Å². The van der Waals surface area contributed by atoms with Crippen LogP contribution >= 0.6 is 9.24 Å². The molecule has 1 aromatic rings. The quantitative estimate of drug-likeness (QED) is 0.352. The number of carbonyl (C=O) groups is 3. The Hall–Kier alpha value is -2.26. The molecule has 2 aliphatic heterocycles. The highest BCUT2D eigenvalue weighted by molar-refractivity contribution is 7.27. The van der Waals surface area contributed by atoms with Crippen LogP contribution in [0.4, 0.5) is 4.79 Å². The summed E-state index contributed by atoms with van der Waals surface area (Å²) in [5, 5.41) is 10.4. The van der Waals surface area contributed by atoms with Gasteiger partial charge in [0.15, 0.2) is 0 Å². The van der Waals surface area contributed by atoms with Crippen molar-refractivity contribution >= 4 is 32.4 Å². The molecule has 0 aliphatic carbocycles. The van der Waals surface area contributed by atoms with Gasteiger partial charge in [0, 0.05) is 33.9 Å². The molecule has 2 unspecified atom stereocenters. The van der Waals surface area contributed by atoms with Gasteiger partial charge in [0.2, 0.25) is 11.8 Å². The van der Waals surface area contributed by atoms with Crippen molar-refractivity contribution in [1.82, 2.24) is 30.5 Å². The normalized spacial score (nSPS) is 21.1. The summed E-state index contributed by atoms with van der Waals surface area (Å²) >= 11 is 0. The zero-order chi connectivity index (χ0) is 24.7. The molecule has 10 nitrogen and oxygen atoms in total. The molecule has 188 valence electrons. The van der Waals surface area contributed by atoms with Gasteiger partial charge in [-0.3, -0.25) is 9.59 Å². The molecule has 2 saturated heterocycles. The summed E-state index contributed by atoms with van der Waals surface area (Å²) in [6, 6.07) is 7.00. The number of piperazine rings is 1. The Bertz CT molecular complexity index is 854. The Morgan fingerprint density at radius 3 is 2.62 bits per heavy atom. The molecular formula is C23H37N6O4P. The smallest absolute Gasteiger partial charge is 0.334 e. The van der Waals surface area contributed by atoms with Crippen LogP contribution in [0.5, 0.6) is 0 Å². The SMILES string of the molecule is CNCCC[C@H]1C(=O)N(CCCOC)CC2N1C(=O)CN(C)N2C(=O)NCc1ccc(P)cc1. The van der Waals surface area contributed by atoms with Crippen LogP contribution in [0.15, 0.2) is 24.3 Å². The van der Waals surface area contributed by atoms with Crippen molar-refractivity contribution < 1.29 is 19.1 Å². The summed E-state index contributed by atoms with van der Waals surface area (Å²) in [7, 11) is 7.87. The number of methoxy groups -OCH3 is 1. The van der Waals surface area contributed by atoms with E-state index in [2.05, 4.69) is 19.9 Å². The number of hydrogen-bond acceptors (Lipinski definition) is 6. The third-order valence-electron chi connectivity index (χ3n) is 6.25. The third kappa shape index (κ3) is 6.24. The van der Waals surface area contributed by atoms with Gasteiger partial charge < -0.3 is 25.2 Å². The van der Waals surface area contributed by atoms with E-state index in [1.165, 1.54) is 0 Å². The number of nitrogens with one attached hydrogen (secondary N) is 2. The summed E-state index contributed by atoms with van der Waals surface area (Å²) in [4.78, 5) is 43.2. The lowest BCUT2D eigenvalue weighted by Crippen LogP contribution is -2.76. The number of hydrogen-bond donors (Lipinski definition) is 2. The third-order valence-corrected chi connectivity index (χ3v) is 6.64. The minimum absolute atomic E-state index is 0.0468. The van der Waals surface area contributed by atoms with Gasteiger partial charge in [0.05, 0.1) is 13.1 Å². The number of carbonyl (C=O) groups excluding carboxylic acids is 3. The molecule has 0 saturated carbocycles. The van der Waals surface area contributed by atoms with E-state index in [0.717, 1.165) is 23.8 Å². The first-order valence-electron chi connectivity index (χ1n) is 11.7. The van der Waals surface area contributed by atoms with Crippen molar-refractivity contribution in [3.8, 4) is 0 Å². The zero-order valence-electron chi connectivity index (χ0n) is 20.3. The molecular weight excluding hydrogens is 455 g/mol. The van der Waals surface area contributed by atoms with Gasteiger partial charge in [-0.25, -0.2) is 14.8 Å². The fraction of sp³-hybridized carbons (Fsp3) is 0.609. The molecule has 2 fully saturated rings. The van der Waals surface area contributed by atoms with E-state index < -0.39 is 12.2 Å². The van der Waals surface area contributed by atoms with Crippen LogP contribution in [0.3, 0.4) is 0 Å². The van der Waals surface area contributed by atoms with Crippen molar-refractivity contribution in [1.29, 1.82) is 0 Å². The molecule has 11 heteroatoms. The minimum atomic E-state index is -0.583. The molecule has 1 aromatic carbocycles. The first-order valence-corrected chi connectivity index (χ1v) is 12.3. The number of benzene rings is 1. The maximum atomic E-state index is 13.3. The van der Waals surface area contributed by atoms with Gasteiger partial charge in [-0.05, 0) is 43.7 Å². The first-order chi connectivity index (χ1) is 16.4. The average Bonchev–Trinajstić information content (AvgIpc) is 2.81.